The van der Waals surface area contributed by atoms with Gasteiger partial charge in [0, 0.05) is 6.20 Å². The van der Waals surface area contributed by atoms with Gasteiger partial charge in [-0.1, -0.05) is 0 Å². The van der Waals surface area contributed by atoms with E-state index < -0.39 is 0 Å². The van der Waals surface area contributed by atoms with Crippen LogP contribution in [0.5, 0.6) is 0 Å². The van der Waals surface area contributed by atoms with Crippen LogP contribution in [-0.2, 0) is 0 Å². The second-order valence-electron chi connectivity index (χ2n) is 2.55. The van der Waals surface area contributed by atoms with Gasteiger partial charge < -0.3 is 0 Å². The molecule has 0 spiro atoms. The Hall–Kier alpha value is -1.91. The minimum Gasteiger partial charge on any atom is -0.245 e. The van der Waals surface area contributed by atoms with Crippen LogP contribution in [0.25, 0.3) is 17.6 Å². The lowest BCUT2D eigenvalue weighted by molar-refractivity contribution is 0.862. The number of H-pyrrole nitrogens is 1. The predicted molar refractivity (Wildman–Crippen MR) is 43.9 cm³/mol. The Morgan fingerprint density at radius 3 is 3.42 bits per heavy atom. The van der Waals surface area contributed by atoms with Gasteiger partial charge in [-0.05, 0) is 12.1 Å². The van der Waals surface area contributed by atoms with Gasteiger partial charge in [0.1, 0.15) is 12.0 Å². The van der Waals surface area contributed by atoms with Gasteiger partial charge >= 0.3 is 0 Å². The zero-order chi connectivity index (χ0) is 7.97. The molecule has 0 amide bonds. The normalized spacial score (nSPS) is 14.0. The summed E-state index contributed by atoms with van der Waals surface area (Å²) in [6.07, 6.45) is 5.22. The van der Waals surface area contributed by atoms with Crippen molar-refractivity contribution in [2.75, 3.05) is 0 Å². The fourth-order valence-corrected chi connectivity index (χ4v) is 1.23. The molecule has 5 nitrogen and oxygen atoms in total. The Morgan fingerprint density at radius 1 is 1.42 bits per heavy atom. The van der Waals surface area contributed by atoms with Crippen LogP contribution in [0, 0.1) is 0 Å². The SMILES string of the molecule is C1=Cc2cc3n([nH]nc-3n2)C=N1. The van der Waals surface area contributed by atoms with Crippen molar-refractivity contribution in [1.82, 2.24) is 20.0 Å². The number of aliphatic imine (C=N–C) groups is 1. The summed E-state index contributed by atoms with van der Waals surface area (Å²) in [6.45, 7) is 0. The number of aromatic amines is 1. The van der Waals surface area contributed by atoms with Gasteiger partial charge in [-0.25, -0.2) is 19.9 Å². The van der Waals surface area contributed by atoms with E-state index in [-0.39, 0.29) is 0 Å². The number of hydrogen-bond acceptors (Lipinski definition) is 3. The Morgan fingerprint density at radius 2 is 2.42 bits per heavy atom. The van der Waals surface area contributed by atoms with Crippen molar-refractivity contribution in [3.63, 3.8) is 0 Å². The zero-order valence-corrected chi connectivity index (χ0v) is 6.10. The monoisotopic (exact) mass is 159 g/mol. The average Bonchev–Trinajstić information content (AvgIpc) is 2.57. The van der Waals surface area contributed by atoms with E-state index in [1.54, 1.807) is 17.2 Å². The van der Waals surface area contributed by atoms with Gasteiger partial charge in [-0.2, -0.15) is 0 Å². The summed E-state index contributed by atoms with van der Waals surface area (Å²) in [4.78, 5) is 8.25. The van der Waals surface area contributed by atoms with Crippen molar-refractivity contribution >= 4 is 12.4 Å². The molecule has 58 valence electrons. The molecule has 0 atom stereocenters. The third-order valence-corrected chi connectivity index (χ3v) is 1.79. The molecule has 12 heavy (non-hydrogen) atoms. The first-order valence-electron chi connectivity index (χ1n) is 3.57. The maximum atomic E-state index is 4.23. The first kappa shape index (κ1) is 5.70. The molecule has 2 bridgehead atoms. The highest BCUT2D eigenvalue weighted by Gasteiger charge is 2.14. The number of rotatable bonds is 0. The van der Waals surface area contributed by atoms with Gasteiger partial charge in [0.25, 0.3) is 0 Å². The summed E-state index contributed by atoms with van der Waals surface area (Å²) in [5.74, 6) is 0.725. The van der Waals surface area contributed by atoms with Crippen LogP contribution in [0.2, 0.25) is 0 Å². The van der Waals surface area contributed by atoms with E-state index in [9.17, 15) is 0 Å². The lowest BCUT2D eigenvalue weighted by atomic mass is 10.3. The number of nitrogens with zero attached hydrogens (tertiary/aromatic N) is 4. The molecule has 3 aliphatic rings. The predicted octanol–water partition coefficient (Wildman–Crippen LogP) is 0.572. The Balaban J connectivity index is 2.44. The molecule has 0 saturated heterocycles. The van der Waals surface area contributed by atoms with E-state index in [0.717, 1.165) is 17.2 Å². The molecular weight excluding hydrogens is 154 g/mol. The first-order valence-corrected chi connectivity index (χ1v) is 3.57. The van der Waals surface area contributed by atoms with Crippen LogP contribution in [0.15, 0.2) is 17.3 Å². The van der Waals surface area contributed by atoms with E-state index in [1.165, 1.54) is 0 Å². The standard InChI is InChI=1S/C7H5N5/c1-2-8-4-12-6-3-5(1)9-7(6)10-11-12/h1-4,11H. The maximum Gasteiger partial charge on any atom is 0.200 e. The molecule has 0 aromatic rings. The van der Waals surface area contributed by atoms with Crippen LogP contribution < -0.4 is 0 Å². The molecule has 0 saturated carbocycles. The Bertz CT molecular complexity index is 447. The lowest BCUT2D eigenvalue weighted by Crippen LogP contribution is -1.98. The summed E-state index contributed by atoms with van der Waals surface area (Å²) in [6, 6.07) is 1.96. The smallest absolute Gasteiger partial charge is 0.200 e. The van der Waals surface area contributed by atoms with Gasteiger partial charge in [-0.3, -0.25) is 0 Å². The summed E-state index contributed by atoms with van der Waals surface area (Å²) in [5, 5.41) is 6.77. The van der Waals surface area contributed by atoms with Gasteiger partial charge in [0.05, 0.1) is 5.69 Å². The first-order chi connectivity index (χ1) is 5.93. The molecule has 5 heteroatoms. The molecule has 0 radical (unpaired) electrons. The minimum atomic E-state index is 0.725. The Kier molecular flexibility index (Phi) is 0.864. The summed E-state index contributed by atoms with van der Waals surface area (Å²) in [7, 11) is 0. The highest BCUT2D eigenvalue weighted by molar-refractivity contribution is 5.72. The molecule has 0 aliphatic carbocycles. The number of fused-ring (bicyclic) bond motifs is 1. The number of aromatic nitrogens is 4. The largest absolute Gasteiger partial charge is 0.245 e. The Labute approximate surface area is 67.8 Å². The molecule has 0 unspecified atom stereocenters. The van der Waals surface area contributed by atoms with Crippen LogP contribution in [0.1, 0.15) is 5.69 Å². The van der Waals surface area contributed by atoms with E-state index in [1.807, 2.05) is 12.1 Å². The van der Waals surface area contributed by atoms with Crippen molar-refractivity contribution in [2.24, 2.45) is 4.99 Å². The highest BCUT2D eigenvalue weighted by Crippen LogP contribution is 2.20. The molecule has 1 N–H and O–H groups in total. The second-order valence-corrected chi connectivity index (χ2v) is 2.55. The topological polar surface area (TPSA) is 58.9 Å². The number of hydrogen-bond donors (Lipinski definition) is 1. The van der Waals surface area contributed by atoms with Crippen LogP contribution in [0.4, 0.5) is 0 Å². The van der Waals surface area contributed by atoms with Crippen LogP contribution >= 0.6 is 0 Å². The van der Waals surface area contributed by atoms with Crippen molar-refractivity contribution in [3.05, 3.63) is 18.0 Å². The average molecular weight is 159 g/mol. The quantitative estimate of drug-likeness (QED) is 0.611. The third-order valence-electron chi connectivity index (χ3n) is 1.79. The van der Waals surface area contributed by atoms with Crippen LogP contribution in [-0.4, -0.2) is 26.3 Å². The minimum absolute atomic E-state index is 0.725. The molecule has 3 heterocycles. The summed E-state index contributed by atoms with van der Waals surface area (Å²) < 4.78 is 1.73. The third kappa shape index (κ3) is 0.597. The van der Waals surface area contributed by atoms with E-state index in [0.29, 0.717) is 0 Å². The van der Waals surface area contributed by atoms with Gasteiger partial charge in [0.15, 0.2) is 5.82 Å². The van der Waals surface area contributed by atoms with Gasteiger partial charge in [-0.15, -0.1) is 5.10 Å². The fraction of sp³-hybridized carbons (Fsp3) is 0. The molecule has 0 fully saturated rings. The summed E-state index contributed by atoms with van der Waals surface area (Å²) in [5.41, 5.74) is 1.85. The van der Waals surface area contributed by atoms with Crippen molar-refractivity contribution in [2.45, 2.75) is 0 Å². The molecule has 0 aromatic heterocycles. The van der Waals surface area contributed by atoms with Crippen molar-refractivity contribution in [1.29, 1.82) is 0 Å². The lowest BCUT2D eigenvalue weighted by Gasteiger charge is -1.92. The molecule has 3 aliphatic heterocycles. The maximum absolute atomic E-state index is 4.23. The molecular formula is C7H5N5. The molecule has 0 aromatic carbocycles. The van der Waals surface area contributed by atoms with E-state index >= 15 is 0 Å². The molecule has 3 rings (SSSR count). The van der Waals surface area contributed by atoms with Gasteiger partial charge in [0.2, 0.25) is 0 Å². The van der Waals surface area contributed by atoms with E-state index in [2.05, 4.69) is 20.3 Å². The highest BCUT2D eigenvalue weighted by atomic mass is 15.5. The number of nitrogens with one attached hydrogen (secondary N) is 1. The second kappa shape index (κ2) is 1.82. The van der Waals surface area contributed by atoms with Crippen molar-refractivity contribution < 1.29 is 0 Å². The zero-order valence-electron chi connectivity index (χ0n) is 6.10. The fourth-order valence-electron chi connectivity index (χ4n) is 1.23. The summed E-state index contributed by atoms with van der Waals surface area (Å²) >= 11 is 0. The van der Waals surface area contributed by atoms with E-state index in [4.69, 9.17) is 0 Å². The van der Waals surface area contributed by atoms with Crippen molar-refractivity contribution in [3.8, 4) is 11.5 Å². The van der Waals surface area contributed by atoms with Crippen LogP contribution in [0.3, 0.4) is 0 Å².